The van der Waals surface area contributed by atoms with E-state index in [1.54, 1.807) is 18.5 Å². The average Bonchev–Trinajstić information content (AvgIpc) is 3.20. The van der Waals surface area contributed by atoms with Gasteiger partial charge in [0, 0.05) is 29.7 Å². The molecule has 0 saturated heterocycles. The van der Waals surface area contributed by atoms with E-state index in [2.05, 4.69) is 22.1 Å². The maximum atomic E-state index is 8.46. The van der Waals surface area contributed by atoms with Crippen molar-refractivity contribution in [3.05, 3.63) is 115 Å². The van der Waals surface area contributed by atoms with E-state index in [1.165, 1.54) is 6.07 Å². The van der Waals surface area contributed by atoms with Crippen molar-refractivity contribution in [1.82, 2.24) is 14.5 Å². The topological polar surface area (TPSA) is 39.9 Å². The summed E-state index contributed by atoms with van der Waals surface area (Å²) in [5.41, 5.74) is 3.35. The van der Waals surface area contributed by atoms with Gasteiger partial charge >= 0.3 is 21.1 Å². The van der Waals surface area contributed by atoms with E-state index in [4.69, 9.17) is 7.48 Å². The first-order chi connectivity index (χ1) is 16.7. The van der Waals surface area contributed by atoms with E-state index in [-0.39, 0.29) is 33.2 Å². The molecule has 0 saturated carbocycles. The van der Waals surface area contributed by atoms with Gasteiger partial charge in [0.05, 0.1) is 2.74 Å². The van der Waals surface area contributed by atoms with E-state index >= 15 is 0 Å². The number of hydrogen-bond acceptors (Lipinski definition) is 3. The van der Waals surface area contributed by atoms with Gasteiger partial charge in [-0.05, 0) is 35.1 Å². The van der Waals surface area contributed by atoms with Crippen molar-refractivity contribution in [1.29, 1.82) is 0 Å². The fourth-order valence-electron chi connectivity index (χ4n) is 3.85. The summed E-state index contributed by atoms with van der Waals surface area (Å²) in [4.78, 5) is 8.65. The van der Waals surface area contributed by atoms with Crippen LogP contribution in [0.5, 0.6) is 11.6 Å². The molecule has 0 N–H and O–H groups in total. The summed E-state index contributed by atoms with van der Waals surface area (Å²) in [5, 5.41) is 2.03. The molecule has 0 unspecified atom stereocenters. The molecule has 3 heterocycles. The molecule has 6 rings (SSSR count). The van der Waals surface area contributed by atoms with Crippen LogP contribution in [0.4, 0.5) is 0 Å². The van der Waals surface area contributed by atoms with Crippen molar-refractivity contribution >= 4 is 21.8 Å². The van der Waals surface area contributed by atoms with Crippen molar-refractivity contribution < 1.29 is 28.5 Å². The number of para-hydroxylation sites is 1. The van der Waals surface area contributed by atoms with Gasteiger partial charge in [0.25, 0.3) is 0 Å². The van der Waals surface area contributed by atoms with E-state index in [9.17, 15) is 0 Å². The first-order valence-corrected chi connectivity index (χ1v) is 10.2. The van der Waals surface area contributed by atoms with Crippen LogP contribution in [0.25, 0.3) is 38.8 Å². The Hall–Kier alpha value is -3.75. The molecule has 3 aromatic heterocycles. The Bertz CT molecular complexity index is 1670. The second-order valence-electron chi connectivity index (χ2n) is 7.22. The Kier molecular flexibility index (Phi) is 5.13. The molecule has 4 nitrogen and oxygen atoms in total. The molecule has 0 amide bonds. The molecule has 0 atom stereocenters. The summed E-state index contributed by atoms with van der Waals surface area (Å²) in [5.74, 6) is 1.46. The van der Waals surface area contributed by atoms with Crippen molar-refractivity contribution in [2.45, 2.75) is 0 Å². The Morgan fingerprint density at radius 3 is 2.52 bits per heavy atom. The minimum Gasteiger partial charge on any atom is -0.460 e. The number of fused-ring (bicyclic) bond motifs is 3. The molecular weight excluding hydrogens is 589 g/mol. The van der Waals surface area contributed by atoms with Crippen LogP contribution in [0.2, 0.25) is 0 Å². The Morgan fingerprint density at radius 2 is 1.61 bits per heavy atom. The molecule has 33 heavy (non-hydrogen) atoms. The molecule has 160 valence electrons. The zero-order chi connectivity index (χ0) is 23.1. The second kappa shape index (κ2) is 9.01. The third kappa shape index (κ3) is 3.94. The summed E-state index contributed by atoms with van der Waals surface area (Å²) in [6, 6.07) is 31.8. The minimum atomic E-state index is 0. The maximum absolute atomic E-state index is 8.46. The quantitative estimate of drug-likeness (QED) is 0.211. The summed E-state index contributed by atoms with van der Waals surface area (Å²) in [6.45, 7) is 0. The van der Waals surface area contributed by atoms with Crippen LogP contribution in [0.1, 0.15) is 2.74 Å². The summed E-state index contributed by atoms with van der Waals surface area (Å²) < 4.78 is 24.3. The van der Waals surface area contributed by atoms with Crippen molar-refractivity contribution in [3.8, 4) is 28.6 Å². The molecule has 3 aromatic carbocycles. The van der Waals surface area contributed by atoms with Gasteiger partial charge in [0.15, 0.2) is 0 Å². The number of aromatic nitrogens is 3. The van der Waals surface area contributed by atoms with Crippen LogP contribution in [0.3, 0.4) is 0 Å². The summed E-state index contributed by atoms with van der Waals surface area (Å²) >= 11 is 0. The van der Waals surface area contributed by atoms with E-state index in [0.29, 0.717) is 17.4 Å². The largest absolute Gasteiger partial charge is 2.00 e. The van der Waals surface area contributed by atoms with Gasteiger partial charge in [0.1, 0.15) is 5.82 Å². The molecule has 0 spiro atoms. The van der Waals surface area contributed by atoms with Gasteiger partial charge in [-0.1, -0.05) is 35.7 Å². The number of rotatable bonds is 4. The first-order valence-electron chi connectivity index (χ1n) is 11.2. The molecule has 0 aliphatic carbocycles. The fraction of sp³-hybridized carbons (Fsp3) is 0. The summed E-state index contributed by atoms with van der Waals surface area (Å²) in [6.07, 6.45) is 3.24. The monoisotopic (exact) mass is 608 g/mol. The number of ether oxygens (including phenoxy) is 1. The van der Waals surface area contributed by atoms with Crippen LogP contribution in [0, 0.1) is 12.1 Å². The van der Waals surface area contributed by atoms with E-state index in [0.717, 1.165) is 32.9 Å². The van der Waals surface area contributed by atoms with Gasteiger partial charge in [-0.25, -0.2) is 21.1 Å². The van der Waals surface area contributed by atoms with Gasteiger partial charge < -0.3 is 9.30 Å². The molecule has 0 aliphatic rings. The Labute approximate surface area is 208 Å². The maximum Gasteiger partial charge on any atom is 2.00 e. The predicted octanol–water partition coefficient (Wildman–Crippen LogP) is 6.63. The number of nitrogens with zero attached hydrogens (tertiary/aromatic N) is 3. The molecular formula is C28H17N3OPt. The molecule has 6 aromatic rings. The van der Waals surface area contributed by atoms with Gasteiger partial charge in [-0.2, -0.15) is 24.3 Å². The van der Waals surface area contributed by atoms with Gasteiger partial charge in [0.2, 0.25) is 5.88 Å². The fourth-order valence-corrected chi connectivity index (χ4v) is 3.85. The average molecular weight is 609 g/mol. The van der Waals surface area contributed by atoms with E-state index in [1.807, 2.05) is 71.3 Å². The van der Waals surface area contributed by atoms with Crippen LogP contribution < -0.4 is 4.74 Å². The van der Waals surface area contributed by atoms with Crippen LogP contribution in [0.15, 0.2) is 103 Å². The predicted molar refractivity (Wildman–Crippen MR) is 126 cm³/mol. The number of hydrogen-bond donors (Lipinski definition) is 0. The van der Waals surface area contributed by atoms with Crippen molar-refractivity contribution in [2.75, 3.05) is 0 Å². The van der Waals surface area contributed by atoms with Gasteiger partial charge in [-0.3, -0.25) is 0 Å². The number of benzene rings is 3. The molecule has 0 fully saturated rings. The van der Waals surface area contributed by atoms with Crippen LogP contribution >= 0.6 is 0 Å². The zero-order valence-electron chi connectivity index (χ0n) is 19.2. The first kappa shape index (κ1) is 18.8. The second-order valence-corrected chi connectivity index (χ2v) is 7.22. The van der Waals surface area contributed by atoms with Crippen molar-refractivity contribution in [2.24, 2.45) is 0 Å². The smallest absolute Gasteiger partial charge is 0.460 e. The Morgan fingerprint density at radius 1 is 0.758 bits per heavy atom. The van der Waals surface area contributed by atoms with Crippen LogP contribution in [-0.2, 0) is 21.1 Å². The normalized spacial score (nSPS) is 11.6. The third-order valence-corrected chi connectivity index (χ3v) is 5.24. The number of pyridine rings is 2. The molecule has 0 aliphatic heterocycles. The third-order valence-electron chi connectivity index (χ3n) is 5.24. The molecule has 0 bridgehead atoms. The van der Waals surface area contributed by atoms with Crippen LogP contribution in [-0.4, -0.2) is 14.5 Å². The molecule has 5 heteroatoms. The minimum absolute atomic E-state index is 0. The SMILES string of the molecule is [2H]c1ccnc(-n2c3[c-]c(-c4[c-]c(Oc5ccccn5)ccc4)ccc3c3ccccc32)c1[2H].[Pt+2]. The summed E-state index contributed by atoms with van der Waals surface area (Å²) in [7, 11) is 0. The van der Waals surface area contributed by atoms with Gasteiger partial charge in [-0.15, -0.1) is 18.2 Å². The van der Waals surface area contributed by atoms with E-state index < -0.39 is 0 Å². The standard InChI is InChI=1S/C28H17N3O.Pt/c1-2-11-25-23(10-1)24-15-14-21(19-26(24)31(25)27-12-3-5-16-29-27)20-8-7-9-22(18-20)32-28-13-4-6-17-30-28;/h1-17H;/q-2;+2/i3D,12D;. The Balaban J connectivity index is 0.00000253. The molecule has 0 radical (unpaired) electrons. The van der Waals surface area contributed by atoms with Crippen molar-refractivity contribution in [3.63, 3.8) is 0 Å². The zero-order valence-corrected chi connectivity index (χ0v) is 19.5.